The van der Waals surface area contributed by atoms with Gasteiger partial charge in [0.15, 0.2) is 0 Å². The maximum Gasteiger partial charge on any atom is 0.253 e. The number of methoxy groups -OCH3 is 1. The zero-order valence-electron chi connectivity index (χ0n) is 13.6. The molecule has 0 saturated carbocycles. The number of nitrogens with zero attached hydrogens (tertiary/aromatic N) is 1. The Morgan fingerprint density at radius 2 is 1.88 bits per heavy atom. The molecular weight excluding hydrogens is 304 g/mol. The second-order valence-corrected chi connectivity index (χ2v) is 5.60. The Kier molecular flexibility index (Phi) is 4.33. The van der Waals surface area contributed by atoms with E-state index in [1.807, 2.05) is 36.4 Å². The molecule has 1 N–H and O–H groups in total. The molecule has 0 bridgehead atoms. The fourth-order valence-electron chi connectivity index (χ4n) is 2.60. The number of benzene rings is 2. The van der Waals surface area contributed by atoms with E-state index in [0.717, 1.165) is 5.39 Å². The van der Waals surface area contributed by atoms with Crippen LogP contribution in [0.25, 0.3) is 10.9 Å². The summed E-state index contributed by atoms with van der Waals surface area (Å²) < 4.78 is 5.16. The second-order valence-electron chi connectivity index (χ2n) is 5.60. The first-order chi connectivity index (χ1) is 11.6. The van der Waals surface area contributed by atoms with Gasteiger partial charge in [0, 0.05) is 24.2 Å². The molecule has 0 aliphatic rings. The van der Waals surface area contributed by atoms with E-state index in [1.165, 1.54) is 4.90 Å². The van der Waals surface area contributed by atoms with Crippen LogP contribution in [0.4, 0.5) is 0 Å². The summed E-state index contributed by atoms with van der Waals surface area (Å²) in [5.41, 5.74) is 1.64. The number of pyridine rings is 1. The molecule has 1 aromatic heterocycles. The molecule has 3 rings (SSSR count). The molecular formula is C19H18N2O3. The lowest BCUT2D eigenvalue weighted by Gasteiger charge is -2.17. The van der Waals surface area contributed by atoms with Crippen molar-refractivity contribution < 1.29 is 9.53 Å². The van der Waals surface area contributed by atoms with Crippen LogP contribution >= 0.6 is 0 Å². The van der Waals surface area contributed by atoms with Crippen molar-refractivity contribution in [2.75, 3.05) is 14.2 Å². The van der Waals surface area contributed by atoms with Gasteiger partial charge in [0.25, 0.3) is 11.5 Å². The third-order valence-electron chi connectivity index (χ3n) is 3.90. The van der Waals surface area contributed by atoms with E-state index in [2.05, 4.69) is 4.98 Å². The van der Waals surface area contributed by atoms with Crippen molar-refractivity contribution in [2.24, 2.45) is 0 Å². The fourth-order valence-corrected chi connectivity index (χ4v) is 2.60. The molecule has 1 heterocycles. The molecule has 0 aliphatic carbocycles. The van der Waals surface area contributed by atoms with Crippen LogP contribution < -0.4 is 10.3 Å². The summed E-state index contributed by atoms with van der Waals surface area (Å²) >= 11 is 0. The number of hydrogen-bond donors (Lipinski definition) is 1. The molecule has 0 unspecified atom stereocenters. The third-order valence-corrected chi connectivity index (χ3v) is 3.90. The van der Waals surface area contributed by atoms with Gasteiger partial charge >= 0.3 is 0 Å². The molecule has 0 saturated heterocycles. The number of nitrogens with one attached hydrogen (secondary N) is 1. The number of rotatable bonds is 4. The van der Waals surface area contributed by atoms with Gasteiger partial charge in [-0.15, -0.1) is 0 Å². The lowest BCUT2D eigenvalue weighted by molar-refractivity contribution is 0.0784. The maximum atomic E-state index is 12.4. The Balaban J connectivity index is 1.88. The van der Waals surface area contributed by atoms with Gasteiger partial charge in [0.05, 0.1) is 19.2 Å². The van der Waals surface area contributed by atoms with Crippen LogP contribution in [0.15, 0.2) is 59.4 Å². The number of aromatic nitrogens is 1. The average molecular weight is 322 g/mol. The maximum absolute atomic E-state index is 12.4. The summed E-state index contributed by atoms with van der Waals surface area (Å²) in [6, 6.07) is 16.3. The average Bonchev–Trinajstić information content (AvgIpc) is 2.62. The van der Waals surface area contributed by atoms with Crippen LogP contribution in [0.2, 0.25) is 0 Å². The predicted molar refractivity (Wildman–Crippen MR) is 93.4 cm³/mol. The lowest BCUT2D eigenvalue weighted by Crippen LogP contribution is -2.29. The largest absolute Gasteiger partial charge is 0.497 e. The summed E-state index contributed by atoms with van der Waals surface area (Å²) in [6.07, 6.45) is 0. The van der Waals surface area contributed by atoms with Gasteiger partial charge in [-0.1, -0.05) is 18.2 Å². The van der Waals surface area contributed by atoms with Crippen molar-refractivity contribution in [2.45, 2.75) is 6.54 Å². The second kappa shape index (κ2) is 6.58. The molecule has 0 aliphatic heterocycles. The van der Waals surface area contributed by atoms with E-state index in [0.29, 0.717) is 22.4 Å². The molecule has 1 amide bonds. The van der Waals surface area contributed by atoms with Gasteiger partial charge in [-0.25, -0.2) is 0 Å². The van der Waals surface area contributed by atoms with Crippen molar-refractivity contribution in [1.29, 1.82) is 0 Å². The Labute approximate surface area is 139 Å². The topological polar surface area (TPSA) is 62.4 Å². The van der Waals surface area contributed by atoms with Crippen LogP contribution in [0.3, 0.4) is 0 Å². The Bertz CT molecular complexity index is 932. The first kappa shape index (κ1) is 15.8. The first-order valence-corrected chi connectivity index (χ1v) is 7.59. The van der Waals surface area contributed by atoms with Crippen LogP contribution in [-0.2, 0) is 6.54 Å². The molecule has 24 heavy (non-hydrogen) atoms. The lowest BCUT2D eigenvalue weighted by atomic mass is 10.1. The van der Waals surface area contributed by atoms with E-state index in [-0.39, 0.29) is 18.0 Å². The minimum Gasteiger partial charge on any atom is -0.497 e. The number of fused-ring (bicyclic) bond motifs is 1. The number of ether oxygens (including phenoxy) is 1. The van der Waals surface area contributed by atoms with Crippen molar-refractivity contribution >= 4 is 16.8 Å². The minimum atomic E-state index is -0.205. The molecule has 5 heteroatoms. The van der Waals surface area contributed by atoms with Gasteiger partial charge in [0.2, 0.25) is 0 Å². The SMILES string of the molecule is COc1ccc2cc(CN(C)C(=O)c3ccccc3)c(=O)[nH]c2c1. The Morgan fingerprint density at radius 1 is 1.12 bits per heavy atom. The smallest absolute Gasteiger partial charge is 0.253 e. The quantitative estimate of drug-likeness (QED) is 0.803. The highest BCUT2D eigenvalue weighted by molar-refractivity contribution is 5.94. The molecule has 0 spiro atoms. The number of carbonyl (C=O) groups excluding carboxylic acids is 1. The zero-order valence-corrected chi connectivity index (χ0v) is 13.6. The molecule has 5 nitrogen and oxygen atoms in total. The fraction of sp³-hybridized carbons (Fsp3) is 0.158. The van der Waals surface area contributed by atoms with E-state index in [1.54, 1.807) is 32.4 Å². The van der Waals surface area contributed by atoms with Gasteiger partial charge in [-0.05, 0) is 35.7 Å². The highest BCUT2D eigenvalue weighted by Crippen LogP contribution is 2.19. The van der Waals surface area contributed by atoms with Gasteiger partial charge < -0.3 is 14.6 Å². The summed E-state index contributed by atoms with van der Waals surface area (Å²) in [7, 11) is 3.27. The molecule has 3 aromatic rings. The molecule has 2 aromatic carbocycles. The predicted octanol–water partition coefficient (Wildman–Crippen LogP) is 2.81. The third kappa shape index (κ3) is 3.15. The normalized spacial score (nSPS) is 10.6. The standard InChI is InChI=1S/C19H18N2O3/c1-21(19(23)13-6-4-3-5-7-13)12-15-10-14-8-9-16(24-2)11-17(14)20-18(15)22/h3-11H,12H2,1-2H3,(H,20,22). The minimum absolute atomic E-state index is 0.121. The molecule has 122 valence electrons. The first-order valence-electron chi connectivity index (χ1n) is 7.59. The number of H-pyrrole nitrogens is 1. The highest BCUT2D eigenvalue weighted by atomic mass is 16.5. The number of hydrogen-bond acceptors (Lipinski definition) is 3. The Morgan fingerprint density at radius 3 is 2.58 bits per heavy atom. The summed E-state index contributed by atoms with van der Waals surface area (Å²) in [5.74, 6) is 0.562. The van der Waals surface area contributed by atoms with Gasteiger partial charge in [0.1, 0.15) is 5.75 Å². The van der Waals surface area contributed by atoms with Crippen molar-refractivity contribution in [3.05, 3.63) is 76.1 Å². The van der Waals surface area contributed by atoms with Crippen molar-refractivity contribution in [3.63, 3.8) is 0 Å². The summed E-state index contributed by atoms with van der Waals surface area (Å²) in [6.45, 7) is 0.241. The number of amides is 1. The monoisotopic (exact) mass is 322 g/mol. The van der Waals surface area contributed by atoms with Crippen LogP contribution in [0.5, 0.6) is 5.75 Å². The van der Waals surface area contributed by atoms with Gasteiger partial charge in [-0.3, -0.25) is 9.59 Å². The summed E-state index contributed by atoms with van der Waals surface area (Å²) in [4.78, 5) is 29.1. The number of aromatic amines is 1. The zero-order chi connectivity index (χ0) is 17.1. The van der Waals surface area contributed by atoms with Crippen molar-refractivity contribution in [3.8, 4) is 5.75 Å². The molecule has 0 atom stereocenters. The Hall–Kier alpha value is -3.08. The van der Waals surface area contributed by atoms with E-state index in [9.17, 15) is 9.59 Å². The van der Waals surface area contributed by atoms with Crippen LogP contribution in [-0.4, -0.2) is 29.9 Å². The van der Waals surface area contributed by atoms with Crippen molar-refractivity contribution in [1.82, 2.24) is 9.88 Å². The van der Waals surface area contributed by atoms with E-state index < -0.39 is 0 Å². The van der Waals surface area contributed by atoms with Crippen LogP contribution in [0, 0.1) is 0 Å². The van der Waals surface area contributed by atoms with Gasteiger partial charge in [-0.2, -0.15) is 0 Å². The number of carbonyl (C=O) groups is 1. The van der Waals surface area contributed by atoms with Crippen LogP contribution in [0.1, 0.15) is 15.9 Å². The molecule has 0 fully saturated rings. The van der Waals surface area contributed by atoms with E-state index in [4.69, 9.17) is 4.74 Å². The molecule has 0 radical (unpaired) electrons. The summed E-state index contributed by atoms with van der Waals surface area (Å²) in [5, 5.41) is 0.894. The van der Waals surface area contributed by atoms with E-state index >= 15 is 0 Å². The highest BCUT2D eigenvalue weighted by Gasteiger charge is 2.13.